The van der Waals surface area contributed by atoms with Crippen LogP contribution in [-0.4, -0.2) is 0 Å². The van der Waals surface area contributed by atoms with Gasteiger partial charge in [0.25, 0.3) is 0 Å². The van der Waals surface area contributed by atoms with Gasteiger partial charge in [-0.15, -0.1) is 0 Å². The Kier molecular flexibility index (Phi) is 4.41. The molecule has 0 saturated carbocycles. The second kappa shape index (κ2) is 7.22. The van der Waals surface area contributed by atoms with Crippen LogP contribution in [0.1, 0.15) is 35.4 Å². The predicted molar refractivity (Wildman–Crippen MR) is 125 cm³/mol. The minimum absolute atomic E-state index is 0.419. The molecule has 0 amide bonds. The highest BCUT2D eigenvalue weighted by atomic mass is 14.3. The minimum Gasteiger partial charge on any atom is -0.0991 e. The van der Waals surface area contributed by atoms with Crippen LogP contribution in [0.3, 0.4) is 0 Å². The molecule has 140 valence electrons. The van der Waals surface area contributed by atoms with Crippen molar-refractivity contribution in [2.45, 2.75) is 18.8 Å². The summed E-state index contributed by atoms with van der Waals surface area (Å²) in [4.78, 5) is 0. The third-order valence-electron chi connectivity index (χ3n) is 6.18. The van der Waals surface area contributed by atoms with Gasteiger partial charge in [0.15, 0.2) is 0 Å². The van der Waals surface area contributed by atoms with Crippen molar-refractivity contribution in [2.24, 2.45) is 0 Å². The Labute approximate surface area is 173 Å². The van der Waals surface area contributed by atoms with Crippen LogP contribution < -0.4 is 0 Å². The monoisotopic (exact) mass is 372 g/mol. The summed E-state index contributed by atoms with van der Waals surface area (Å²) in [5, 5.41) is 0. The second-order valence-electron chi connectivity index (χ2n) is 7.88. The first kappa shape index (κ1) is 17.7. The third-order valence-corrected chi connectivity index (χ3v) is 6.18. The van der Waals surface area contributed by atoms with E-state index in [1.165, 1.54) is 44.5 Å². The maximum atomic E-state index is 3.82. The lowest BCUT2D eigenvalue weighted by Gasteiger charge is -2.34. The third kappa shape index (κ3) is 3.02. The van der Waals surface area contributed by atoms with Crippen LogP contribution in [0.2, 0.25) is 0 Å². The van der Waals surface area contributed by atoms with Crippen LogP contribution in [0.25, 0.3) is 27.8 Å². The zero-order valence-corrected chi connectivity index (χ0v) is 16.7. The molecule has 3 aromatic carbocycles. The summed E-state index contributed by atoms with van der Waals surface area (Å²) >= 11 is 0. The van der Waals surface area contributed by atoms with E-state index in [0.717, 1.165) is 0 Å². The average Bonchev–Trinajstić information content (AvgIpc) is 2.79. The molecule has 0 bridgehead atoms. The molecule has 0 spiro atoms. The molecular weight excluding hydrogens is 348 g/mol. The lowest BCUT2D eigenvalue weighted by atomic mass is 9.69. The van der Waals surface area contributed by atoms with Gasteiger partial charge < -0.3 is 0 Å². The molecule has 0 fully saturated rings. The fraction of sp³-hybridized carbons (Fsp3) is 0.103. The molecule has 2 atom stereocenters. The molecule has 0 N–H and O–H groups in total. The highest BCUT2D eigenvalue weighted by Crippen LogP contribution is 2.50. The van der Waals surface area contributed by atoms with Crippen molar-refractivity contribution in [2.75, 3.05) is 0 Å². The molecule has 3 aromatic rings. The highest BCUT2D eigenvalue weighted by molar-refractivity contribution is 5.82. The summed E-state index contributed by atoms with van der Waals surface area (Å²) in [6.45, 7) is 5.95. The van der Waals surface area contributed by atoms with E-state index in [-0.39, 0.29) is 0 Å². The van der Waals surface area contributed by atoms with E-state index in [9.17, 15) is 0 Å². The number of benzene rings is 3. The molecule has 0 saturated heterocycles. The molecule has 0 heteroatoms. The minimum atomic E-state index is 0.419. The molecule has 5 rings (SSSR count). The highest BCUT2D eigenvalue weighted by Gasteiger charge is 2.31. The summed E-state index contributed by atoms with van der Waals surface area (Å²) in [7, 11) is 0. The average molecular weight is 373 g/mol. The van der Waals surface area contributed by atoms with Crippen LogP contribution in [0, 0.1) is 0 Å². The van der Waals surface area contributed by atoms with E-state index in [2.05, 4.69) is 111 Å². The number of allylic oxidation sites excluding steroid dienone is 7. The van der Waals surface area contributed by atoms with Crippen molar-refractivity contribution >= 4 is 5.57 Å². The molecular formula is C29H24. The van der Waals surface area contributed by atoms with Gasteiger partial charge in [-0.3, -0.25) is 0 Å². The standard InChI is InChI=1S/C29H24/c1-3-9-20(2)21-10-8-11-22(18-21)23-16-17-28-26-14-5-4-12-24(26)25-13-6-7-15-27(25)29(28)19-23/h3-19,24,26H,1H2,2H3. The van der Waals surface area contributed by atoms with E-state index in [1.807, 2.05) is 6.08 Å². The van der Waals surface area contributed by atoms with E-state index in [1.54, 1.807) is 0 Å². The first-order valence-corrected chi connectivity index (χ1v) is 10.2. The van der Waals surface area contributed by atoms with E-state index < -0.39 is 0 Å². The van der Waals surface area contributed by atoms with Crippen LogP contribution in [0.5, 0.6) is 0 Å². The normalized spacial score (nSPS) is 19.3. The van der Waals surface area contributed by atoms with Gasteiger partial charge in [0, 0.05) is 11.8 Å². The van der Waals surface area contributed by atoms with Crippen LogP contribution in [-0.2, 0) is 0 Å². The van der Waals surface area contributed by atoms with Crippen molar-refractivity contribution in [3.05, 3.63) is 126 Å². The number of hydrogen-bond donors (Lipinski definition) is 0. The Morgan fingerprint density at radius 1 is 0.759 bits per heavy atom. The first-order chi connectivity index (χ1) is 14.3. The van der Waals surface area contributed by atoms with Crippen molar-refractivity contribution in [3.8, 4) is 22.3 Å². The van der Waals surface area contributed by atoms with Crippen LogP contribution >= 0.6 is 0 Å². The van der Waals surface area contributed by atoms with Crippen molar-refractivity contribution < 1.29 is 0 Å². The number of hydrogen-bond acceptors (Lipinski definition) is 0. The zero-order valence-electron chi connectivity index (χ0n) is 16.7. The lowest BCUT2D eigenvalue weighted by Crippen LogP contribution is -2.16. The van der Waals surface area contributed by atoms with Crippen LogP contribution in [0.4, 0.5) is 0 Å². The second-order valence-corrected chi connectivity index (χ2v) is 7.88. The lowest BCUT2D eigenvalue weighted by molar-refractivity contribution is 0.720. The fourth-order valence-corrected chi connectivity index (χ4v) is 4.71. The van der Waals surface area contributed by atoms with Gasteiger partial charge in [0.1, 0.15) is 0 Å². The fourth-order valence-electron chi connectivity index (χ4n) is 4.71. The van der Waals surface area contributed by atoms with Crippen molar-refractivity contribution in [3.63, 3.8) is 0 Å². The maximum Gasteiger partial charge on any atom is 0.0131 e. The Balaban J connectivity index is 1.65. The Hall–Kier alpha value is -3.38. The summed E-state index contributed by atoms with van der Waals surface area (Å²) in [6.07, 6.45) is 13.0. The van der Waals surface area contributed by atoms with Gasteiger partial charge >= 0.3 is 0 Å². The molecule has 2 aliphatic rings. The Morgan fingerprint density at radius 2 is 1.48 bits per heavy atom. The molecule has 0 aliphatic heterocycles. The van der Waals surface area contributed by atoms with E-state index in [0.29, 0.717) is 11.8 Å². The number of fused-ring (bicyclic) bond motifs is 6. The maximum absolute atomic E-state index is 3.82. The molecule has 0 radical (unpaired) electrons. The quantitative estimate of drug-likeness (QED) is 0.410. The molecule has 0 nitrogen and oxygen atoms in total. The zero-order chi connectivity index (χ0) is 19.8. The summed E-state index contributed by atoms with van der Waals surface area (Å²) < 4.78 is 0. The van der Waals surface area contributed by atoms with Gasteiger partial charge in [0.2, 0.25) is 0 Å². The summed E-state index contributed by atoms with van der Waals surface area (Å²) in [6, 6.07) is 24.6. The van der Waals surface area contributed by atoms with Gasteiger partial charge in [-0.2, -0.15) is 0 Å². The van der Waals surface area contributed by atoms with Gasteiger partial charge in [-0.25, -0.2) is 0 Å². The first-order valence-electron chi connectivity index (χ1n) is 10.2. The largest absolute Gasteiger partial charge is 0.0991 e. The topological polar surface area (TPSA) is 0 Å². The Bertz CT molecular complexity index is 1190. The SMILES string of the molecule is C=CC=C(C)c1cccc(-c2ccc3c(c2)-c2ccccc2C2C=CC=CC32)c1. The van der Waals surface area contributed by atoms with E-state index in [4.69, 9.17) is 0 Å². The molecule has 29 heavy (non-hydrogen) atoms. The smallest absolute Gasteiger partial charge is 0.0131 e. The van der Waals surface area contributed by atoms with Crippen LogP contribution in [0.15, 0.2) is 110 Å². The molecule has 2 unspecified atom stereocenters. The Morgan fingerprint density at radius 3 is 2.28 bits per heavy atom. The summed E-state index contributed by atoms with van der Waals surface area (Å²) in [5.74, 6) is 0.854. The summed E-state index contributed by atoms with van der Waals surface area (Å²) in [5.41, 5.74) is 10.6. The predicted octanol–water partition coefficient (Wildman–Crippen LogP) is 7.92. The van der Waals surface area contributed by atoms with Gasteiger partial charge in [0.05, 0.1) is 0 Å². The van der Waals surface area contributed by atoms with Crippen molar-refractivity contribution in [1.82, 2.24) is 0 Å². The number of rotatable bonds is 3. The van der Waals surface area contributed by atoms with E-state index >= 15 is 0 Å². The van der Waals surface area contributed by atoms with Gasteiger partial charge in [-0.05, 0) is 63.6 Å². The van der Waals surface area contributed by atoms with Crippen molar-refractivity contribution in [1.29, 1.82) is 0 Å². The molecule has 0 aromatic heterocycles. The molecule has 2 aliphatic carbocycles. The van der Waals surface area contributed by atoms with Gasteiger partial charge in [-0.1, -0.05) is 97.6 Å². The molecule has 0 heterocycles.